The number of aromatic nitrogens is 3. The zero-order chi connectivity index (χ0) is 18.1. The third-order valence-electron chi connectivity index (χ3n) is 4.46. The van der Waals surface area contributed by atoms with Crippen LogP contribution in [0.15, 0.2) is 48.5 Å². The predicted octanol–water partition coefficient (Wildman–Crippen LogP) is 2.03. The van der Waals surface area contributed by atoms with E-state index in [9.17, 15) is 0 Å². The molecule has 0 bridgehead atoms. The van der Waals surface area contributed by atoms with Gasteiger partial charge in [0.1, 0.15) is 17.3 Å². The summed E-state index contributed by atoms with van der Waals surface area (Å²) >= 11 is 0. The van der Waals surface area contributed by atoms with Crippen molar-refractivity contribution < 1.29 is 0 Å². The summed E-state index contributed by atoms with van der Waals surface area (Å²) in [5.74, 6) is 7.12. The number of fused-ring (bicyclic) bond motifs is 2. The molecule has 2 aromatic heterocycles. The van der Waals surface area contributed by atoms with Crippen LogP contribution in [0.1, 0.15) is 23.6 Å². The molecule has 0 spiro atoms. The van der Waals surface area contributed by atoms with Gasteiger partial charge in [-0.3, -0.25) is 0 Å². The number of aryl methyl sites for hydroxylation is 1. The molecule has 8 nitrogen and oxygen atoms in total. The lowest BCUT2D eigenvalue weighted by Crippen LogP contribution is -2.23. The SMILES string of the molecule is CN(N)/C=C(\N)Nc1nc(N[C@H]2CCc3ccccc32)c2cc[nH]c2n1. The number of nitrogens with two attached hydrogens (primary N) is 2. The van der Waals surface area contributed by atoms with Gasteiger partial charge in [-0.1, -0.05) is 24.3 Å². The van der Waals surface area contributed by atoms with Crippen molar-refractivity contribution in [2.24, 2.45) is 11.6 Å². The van der Waals surface area contributed by atoms with E-state index in [1.165, 1.54) is 16.1 Å². The molecule has 8 heteroatoms. The molecule has 0 fully saturated rings. The van der Waals surface area contributed by atoms with Crippen molar-refractivity contribution in [3.05, 3.63) is 59.7 Å². The van der Waals surface area contributed by atoms with Gasteiger partial charge < -0.3 is 26.4 Å². The van der Waals surface area contributed by atoms with Gasteiger partial charge in [0.25, 0.3) is 0 Å². The second kappa shape index (κ2) is 6.57. The van der Waals surface area contributed by atoms with Crippen molar-refractivity contribution in [3.63, 3.8) is 0 Å². The van der Waals surface area contributed by atoms with Crippen molar-refractivity contribution in [1.82, 2.24) is 20.0 Å². The first-order chi connectivity index (χ1) is 12.6. The lowest BCUT2D eigenvalue weighted by molar-refractivity contribution is 0.480. The van der Waals surface area contributed by atoms with Gasteiger partial charge in [-0.25, -0.2) is 5.84 Å². The van der Waals surface area contributed by atoms with Gasteiger partial charge in [-0.15, -0.1) is 0 Å². The molecule has 3 aromatic rings. The van der Waals surface area contributed by atoms with E-state index >= 15 is 0 Å². The normalized spacial score (nSPS) is 16.5. The summed E-state index contributed by atoms with van der Waals surface area (Å²) in [6.45, 7) is 0. The van der Waals surface area contributed by atoms with E-state index in [1.807, 2.05) is 12.3 Å². The Morgan fingerprint density at radius 2 is 2.15 bits per heavy atom. The van der Waals surface area contributed by atoms with Gasteiger partial charge in [-0.2, -0.15) is 9.97 Å². The third kappa shape index (κ3) is 3.14. The minimum Gasteiger partial charge on any atom is -0.384 e. The van der Waals surface area contributed by atoms with E-state index in [-0.39, 0.29) is 6.04 Å². The summed E-state index contributed by atoms with van der Waals surface area (Å²) in [4.78, 5) is 12.2. The van der Waals surface area contributed by atoms with Crippen LogP contribution in [0.25, 0.3) is 11.0 Å². The number of benzene rings is 1. The Morgan fingerprint density at radius 3 is 3.00 bits per heavy atom. The van der Waals surface area contributed by atoms with E-state index in [1.54, 1.807) is 13.2 Å². The Kier molecular flexibility index (Phi) is 4.10. The monoisotopic (exact) mass is 350 g/mol. The average Bonchev–Trinajstić information content (AvgIpc) is 3.21. The summed E-state index contributed by atoms with van der Waals surface area (Å²) in [7, 11) is 1.69. The molecule has 7 N–H and O–H groups in total. The molecule has 0 aliphatic heterocycles. The molecule has 0 saturated carbocycles. The van der Waals surface area contributed by atoms with Crippen molar-refractivity contribution in [1.29, 1.82) is 0 Å². The molecular weight excluding hydrogens is 328 g/mol. The quantitative estimate of drug-likeness (QED) is 0.353. The number of hydrazine groups is 1. The van der Waals surface area contributed by atoms with Crippen LogP contribution in [0.4, 0.5) is 11.8 Å². The largest absolute Gasteiger partial charge is 0.384 e. The fraction of sp³-hybridized carbons (Fsp3) is 0.222. The molecule has 0 saturated heterocycles. The summed E-state index contributed by atoms with van der Waals surface area (Å²) < 4.78 is 0. The lowest BCUT2D eigenvalue weighted by atomic mass is 10.1. The number of nitrogens with one attached hydrogen (secondary N) is 3. The van der Waals surface area contributed by atoms with Gasteiger partial charge in [0, 0.05) is 13.2 Å². The number of rotatable bonds is 5. The van der Waals surface area contributed by atoms with Gasteiger partial charge >= 0.3 is 0 Å². The second-order valence-corrected chi connectivity index (χ2v) is 6.45. The molecule has 26 heavy (non-hydrogen) atoms. The highest BCUT2D eigenvalue weighted by molar-refractivity contribution is 5.88. The van der Waals surface area contributed by atoms with E-state index in [4.69, 9.17) is 11.6 Å². The standard InChI is InChI=1S/C18H22N8/c1-26(20)10-15(19)23-18-24-16-13(8-9-21-16)17(25-18)22-14-7-6-11-4-2-3-5-12(11)14/h2-5,8-10,14H,6-7,19-20H2,1H3,(H3,21,22,23,24,25)/b15-10+/t14-/m0/s1. The summed E-state index contributed by atoms with van der Waals surface area (Å²) in [6.07, 6.45) is 5.52. The fourth-order valence-corrected chi connectivity index (χ4v) is 3.36. The molecule has 0 radical (unpaired) electrons. The highest BCUT2D eigenvalue weighted by Gasteiger charge is 2.23. The molecule has 1 aliphatic carbocycles. The maximum Gasteiger partial charge on any atom is 0.232 e. The maximum absolute atomic E-state index is 5.92. The summed E-state index contributed by atoms with van der Waals surface area (Å²) in [5.41, 5.74) is 9.38. The first kappa shape index (κ1) is 16.2. The lowest BCUT2D eigenvalue weighted by Gasteiger charge is -2.16. The average molecular weight is 350 g/mol. The third-order valence-corrected chi connectivity index (χ3v) is 4.46. The molecular formula is C18H22N8. The number of nitrogens with zero attached hydrogens (tertiary/aromatic N) is 3. The van der Waals surface area contributed by atoms with Crippen molar-refractivity contribution >= 4 is 22.8 Å². The minimum absolute atomic E-state index is 0.232. The van der Waals surface area contributed by atoms with E-state index in [0.29, 0.717) is 11.8 Å². The molecule has 134 valence electrons. The number of hydrogen-bond acceptors (Lipinski definition) is 7. The van der Waals surface area contributed by atoms with Crippen LogP contribution in [0, 0.1) is 0 Å². The first-order valence-corrected chi connectivity index (χ1v) is 8.51. The highest BCUT2D eigenvalue weighted by Crippen LogP contribution is 2.34. The number of aromatic amines is 1. The summed E-state index contributed by atoms with van der Waals surface area (Å²) in [5, 5.41) is 8.86. The minimum atomic E-state index is 0.232. The second-order valence-electron chi connectivity index (χ2n) is 6.45. The van der Waals surface area contributed by atoms with Gasteiger partial charge in [0.2, 0.25) is 5.95 Å². The summed E-state index contributed by atoms with van der Waals surface area (Å²) in [6, 6.07) is 10.7. The van der Waals surface area contributed by atoms with Crippen molar-refractivity contribution in [2.75, 3.05) is 17.7 Å². The molecule has 2 heterocycles. The Bertz CT molecular complexity index is 959. The van der Waals surface area contributed by atoms with E-state index in [2.05, 4.69) is 49.9 Å². The predicted molar refractivity (Wildman–Crippen MR) is 103 cm³/mol. The van der Waals surface area contributed by atoms with Crippen LogP contribution in [-0.2, 0) is 6.42 Å². The van der Waals surface area contributed by atoms with Crippen molar-refractivity contribution in [3.8, 4) is 0 Å². The first-order valence-electron chi connectivity index (χ1n) is 8.51. The molecule has 1 atom stereocenters. The maximum atomic E-state index is 5.92. The zero-order valence-corrected chi connectivity index (χ0v) is 14.5. The topological polar surface area (TPSA) is 121 Å². The molecule has 1 aliphatic rings. The van der Waals surface area contributed by atoms with Crippen molar-refractivity contribution in [2.45, 2.75) is 18.9 Å². The Morgan fingerprint density at radius 1 is 1.31 bits per heavy atom. The van der Waals surface area contributed by atoms with Gasteiger partial charge in [0.05, 0.1) is 17.6 Å². The Labute approximate surface area is 151 Å². The van der Waals surface area contributed by atoms with Crippen LogP contribution in [0.5, 0.6) is 0 Å². The van der Waals surface area contributed by atoms with E-state index in [0.717, 1.165) is 29.7 Å². The molecule has 0 unspecified atom stereocenters. The van der Waals surface area contributed by atoms with Crippen LogP contribution >= 0.6 is 0 Å². The smallest absolute Gasteiger partial charge is 0.232 e. The Balaban J connectivity index is 1.65. The van der Waals surface area contributed by atoms with Crippen LogP contribution in [0.3, 0.4) is 0 Å². The highest BCUT2D eigenvalue weighted by atomic mass is 15.4. The fourth-order valence-electron chi connectivity index (χ4n) is 3.36. The number of H-pyrrole nitrogens is 1. The molecule has 1 aromatic carbocycles. The number of hydrogen-bond donors (Lipinski definition) is 5. The molecule has 4 rings (SSSR count). The zero-order valence-electron chi connectivity index (χ0n) is 14.5. The van der Waals surface area contributed by atoms with Crippen LogP contribution < -0.4 is 22.2 Å². The number of anilines is 2. The van der Waals surface area contributed by atoms with E-state index < -0.39 is 0 Å². The Hall–Kier alpha value is -3.26. The van der Waals surface area contributed by atoms with Gasteiger partial charge in [-0.05, 0) is 30.0 Å². The van der Waals surface area contributed by atoms with Gasteiger partial charge in [0.15, 0.2) is 0 Å². The van der Waals surface area contributed by atoms with Crippen LogP contribution in [0.2, 0.25) is 0 Å². The van der Waals surface area contributed by atoms with Crippen LogP contribution in [-0.4, -0.2) is 27.0 Å². The molecule has 0 amide bonds.